The Morgan fingerprint density at radius 2 is 1.44 bits per heavy atom. The van der Waals surface area contributed by atoms with Crippen molar-refractivity contribution in [1.29, 1.82) is 0 Å². The van der Waals surface area contributed by atoms with Crippen LogP contribution in [0.4, 0.5) is 0 Å². The van der Waals surface area contributed by atoms with E-state index in [0.717, 1.165) is 53.9 Å². The lowest BCUT2D eigenvalue weighted by atomic mass is 9.48. The van der Waals surface area contributed by atoms with Crippen molar-refractivity contribution in [3.63, 3.8) is 0 Å². The van der Waals surface area contributed by atoms with Crippen LogP contribution >= 0.6 is 0 Å². The second-order valence-corrected chi connectivity index (χ2v) is 12.2. The molecule has 0 heterocycles. The zero-order valence-electron chi connectivity index (χ0n) is 22.8. The fourth-order valence-electron chi connectivity index (χ4n) is 8.01. The van der Waals surface area contributed by atoms with Gasteiger partial charge in [-0.25, -0.2) is 4.79 Å². The number of carboxylic acids is 1. The van der Waals surface area contributed by atoms with Gasteiger partial charge in [0.25, 0.3) is 0 Å². The lowest BCUT2D eigenvalue weighted by Gasteiger charge is -2.57. The molecule has 4 saturated carbocycles. The summed E-state index contributed by atoms with van der Waals surface area (Å²) in [5.74, 6) is 2.46. The zero-order chi connectivity index (χ0) is 27.0. The number of carbonyl (C=O) groups is 2. The van der Waals surface area contributed by atoms with Gasteiger partial charge in [0, 0.05) is 12.5 Å². The number of carboxylic acid groups (broad SMARTS) is 1. The molecule has 4 bridgehead atoms. The summed E-state index contributed by atoms with van der Waals surface area (Å²) >= 11 is 0. The minimum Gasteiger partial charge on any atom is -0.493 e. The van der Waals surface area contributed by atoms with E-state index in [1.54, 1.807) is 12.1 Å². The number of ether oxygens (including phenoxy) is 2. The molecule has 3 aromatic carbocycles. The van der Waals surface area contributed by atoms with Crippen LogP contribution in [0.2, 0.25) is 0 Å². The molecule has 4 aliphatic carbocycles. The van der Waals surface area contributed by atoms with Gasteiger partial charge in [-0.15, -0.1) is 0 Å². The molecule has 7 rings (SSSR count). The number of hydrogen-bond acceptors (Lipinski definition) is 4. The van der Waals surface area contributed by atoms with Gasteiger partial charge in [-0.1, -0.05) is 24.3 Å². The minimum absolute atomic E-state index is 0.215. The molecule has 3 aromatic rings. The number of hydrogen-bond donors (Lipinski definition) is 1. The average Bonchev–Trinajstić information content (AvgIpc) is 2.91. The van der Waals surface area contributed by atoms with Crippen molar-refractivity contribution >= 4 is 22.7 Å². The number of esters is 1. The lowest BCUT2D eigenvalue weighted by molar-refractivity contribution is -0.141. The maximum absolute atomic E-state index is 11.3. The Balaban J connectivity index is 1.29. The van der Waals surface area contributed by atoms with Gasteiger partial charge < -0.3 is 14.6 Å². The van der Waals surface area contributed by atoms with Gasteiger partial charge in [-0.2, -0.15) is 0 Å². The topological polar surface area (TPSA) is 72.8 Å². The molecule has 4 fully saturated rings. The van der Waals surface area contributed by atoms with Gasteiger partial charge in [0.2, 0.25) is 0 Å². The molecule has 4 aliphatic rings. The Hall–Kier alpha value is -3.34. The minimum atomic E-state index is -0.905. The van der Waals surface area contributed by atoms with Gasteiger partial charge in [0.05, 0.1) is 18.8 Å². The van der Waals surface area contributed by atoms with Crippen LogP contribution in [0.3, 0.4) is 0 Å². The first-order valence-electron chi connectivity index (χ1n) is 14.6. The van der Waals surface area contributed by atoms with Crippen LogP contribution in [0.25, 0.3) is 21.9 Å². The second kappa shape index (κ2) is 10.7. The molecule has 1 N–H and O–H groups in total. The second-order valence-electron chi connectivity index (χ2n) is 12.2. The molecular formula is C34H38O5. The average molecular weight is 527 g/mol. The van der Waals surface area contributed by atoms with E-state index in [-0.39, 0.29) is 11.4 Å². The number of carbonyl (C=O) groups excluding carboxylic acids is 1. The van der Waals surface area contributed by atoms with Crippen LogP contribution in [-0.4, -0.2) is 30.3 Å². The van der Waals surface area contributed by atoms with Crippen LogP contribution in [-0.2, 0) is 14.9 Å². The summed E-state index contributed by atoms with van der Waals surface area (Å²) in [7, 11) is 0. The Bertz CT molecular complexity index is 1340. The molecule has 0 unspecified atom stereocenters. The van der Waals surface area contributed by atoms with Crippen LogP contribution in [0.1, 0.15) is 80.6 Å². The number of fused-ring (bicyclic) bond motifs is 1. The first-order valence-corrected chi connectivity index (χ1v) is 14.6. The molecule has 0 aliphatic heterocycles. The number of aromatic carboxylic acids is 1. The van der Waals surface area contributed by atoms with E-state index >= 15 is 0 Å². The molecule has 0 aromatic heterocycles. The van der Waals surface area contributed by atoms with Crippen LogP contribution < -0.4 is 4.74 Å². The summed E-state index contributed by atoms with van der Waals surface area (Å²) in [5.41, 5.74) is 4.03. The van der Waals surface area contributed by atoms with Gasteiger partial charge in [-0.05, 0) is 133 Å². The predicted octanol–water partition coefficient (Wildman–Crippen LogP) is 7.79. The third-order valence-electron chi connectivity index (χ3n) is 9.37. The molecule has 0 atom stereocenters. The summed E-state index contributed by atoms with van der Waals surface area (Å²) in [6.07, 6.45) is 10.8. The van der Waals surface area contributed by atoms with Gasteiger partial charge in [0.1, 0.15) is 5.75 Å². The van der Waals surface area contributed by atoms with E-state index in [2.05, 4.69) is 30.3 Å². The van der Waals surface area contributed by atoms with E-state index < -0.39 is 5.97 Å². The summed E-state index contributed by atoms with van der Waals surface area (Å²) < 4.78 is 11.6. The van der Waals surface area contributed by atoms with Crippen molar-refractivity contribution in [3.8, 4) is 16.9 Å². The van der Waals surface area contributed by atoms with Crippen LogP contribution in [0.15, 0.2) is 54.6 Å². The van der Waals surface area contributed by atoms with E-state index in [0.29, 0.717) is 18.8 Å². The highest BCUT2D eigenvalue weighted by Gasteiger charge is 2.52. The Morgan fingerprint density at radius 3 is 2.08 bits per heavy atom. The predicted molar refractivity (Wildman–Crippen MR) is 152 cm³/mol. The van der Waals surface area contributed by atoms with Crippen molar-refractivity contribution in [2.75, 3.05) is 13.2 Å². The van der Waals surface area contributed by atoms with Crippen molar-refractivity contribution in [2.45, 2.75) is 70.1 Å². The number of unbranched alkanes of at least 4 members (excludes halogenated alkanes) is 2. The molecular weight excluding hydrogens is 488 g/mol. The van der Waals surface area contributed by atoms with Crippen molar-refractivity contribution in [1.82, 2.24) is 0 Å². The van der Waals surface area contributed by atoms with Gasteiger partial charge >= 0.3 is 11.9 Å². The van der Waals surface area contributed by atoms with E-state index in [1.807, 2.05) is 12.1 Å². The molecule has 204 valence electrons. The summed E-state index contributed by atoms with van der Waals surface area (Å²) in [5, 5.41) is 11.6. The Labute approximate surface area is 230 Å². The van der Waals surface area contributed by atoms with Crippen molar-refractivity contribution in [3.05, 3.63) is 65.7 Å². The first kappa shape index (κ1) is 25.9. The first-order chi connectivity index (χ1) is 18.9. The Kier molecular flexibility index (Phi) is 7.09. The molecule has 39 heavy (non-hydrogen) atoms. The molecule has 5 heteroatoms. The molecule has 0 saturated heterocycles. The highest BCUT2D eigenvalue weighted by atomic mass is 16.5. The molecule has 0 radical (unpaired) electrons. The fraction of sp³-hybridized carbons (Fsp3) is 0.471. The van der Waals surface area contributed by atoms with E-state index in [4.69, 9.17) is 9.47 Å². The third kappa shape index (κ3) is 5.41. The van der Waals surface area contributed by atoms with Crippen LogP contribution in [0.5, 0.6) is 5.75 Å². The molecule has 5 nitrogen and oxygen atoms in total. The lowest BCUT2D eigenvalue weighted by Crippen LogP contribution is -2.48. The normalized spacial score (nSPS) is 25.1. The SMILES string of the molecule is CC(=O)OCCCCCOc1cc2ccc(-c3ccc(C(=O)O)cc3)cc2cc1C12CC3CC(CC(C3)C1)C2. The maximum Gasteiger partial charge on any atom is 0.335 e. The van der Waals surface area contributed by atoms with Gasteiger partial charge in [-0.3, -0.25) is 4.79 Å². The van der Waals surface area contributed by atoms with E-state index in [1.165, 1.54) is 61.8 Å². The summed E-state index contributed by atoms with van der Waals surface area (Å²) in [6.45, 7) is 2.59. The number of rotatable bonds is 10. The van der Waals surface area contributed by atoms with Crippen LogP contribution in [0, 0.1) is 17.8 Å². The number of benzene rings is 3. The Morgan fingerprint density at radius 1 is 0.795 bits per heavy atom. The monoisotopic (exact) mass is 526 g/mol. The van der Waals surface area contributed by atoms with Crippen molar-refractivity contribution < 1.29 is 24.2 Å². The molecule has 0 amide bonds. The third-order valence-corrected chi connectivity index (χ3v) is 9.37. The zero-order valence-corrected chi connectivity index (χ0v) is 22.8. The largest absolute Gasteiger partial charge is 0.493 e. The highest BCUT2D eigenvalue weighted by Crippen LogP contribution is 2.62. The van der Waals surface area contributed by atoms with Gasteiger partial charge in [0.15, 0.2) is 0 Å². The highest BCUT2D eigenvalue weighted by molar-refractivity contribution is 5.91. The quantitative estimate of drug-likeness (QED) is 0.216. The summed E-state index contributed by atoms with van der Waals surface area (Å²) in [4.78, 5) is 22.3. The smallest absolute Gasteiger partial charge is 0.335 e. The van der Waals surface area contributed by atoms with E-state index in [9.17, 15) is 14.7 Å². The standard InChI is InChI=1S/C34H38O5/c1-22(35)38-11-3-2-4-12-39-32-18-29-10-9-28(26-5-7-27(8-6-26)33(36)37)16-30(29)17-31(32)34-19-23-13-24(20-34)15-25(14-23)21-34/h5-10,16-18,23-25H,2-4,11-15,19-21H2,1H3,(H,36,37). The molecule has 0 spiro atoms. The fourth-order valence-corrected chi connectivity index (χ4v) is 8.01. The van der Waals surface area contributed by atoms with Crippen molar-refractivity contribution in [2.24, 2.45) is 17.8 Å². The maximum atomic E-state index is 11.3. The summed E-state index contributed by atoms with van der Waals surface area (Å²) in [6, 6.07) is 18.3.